The largest absolute Gasteiger partial charge is 0.496 e. The maximum atomic E-state index is 6.11. The van der Waals surface area contributed by atoms with Gasteiger partial charge in [0.25, 0.3) is 0 Å². The van der Waals surface area contributed by atoms with E-state index >= 15 is 0 Å². The Kier molecular flexibility index (Phi) is 5.26. The van der Waals surface area contributed by atoms with E-state index in [0.717, 1.165) is 26.0 Å². The van der Waals surface area contributed by atoms with E-state index in [2.05, 4.69) is 34.1 Å². The molecule has 2 aromatic rings. The lowest BCUT2D eigenvalue weighted by Gasteiger charge is -2.21. The van der Waals surface area contributed by atoms with Crippen molar-refractivity contribution in [1.82, 2.24) is 5.43 Å². The van der Waals surface area contributed by atoms with Crippen LogP contribution in [0.2, 0.25) is 5.02 Å². The second kappa shape index (κ2) is 6.76. The molecular weight excluding hydrogens is 387 g/mol. The summed E-state index contributed by atoms with van der Waals surface area (Å²) < 4.78 is 6.54. The number of rotatable bonds is 4. The molecule has 0 aliphatic rings. The van der Waals surface area contributed by atoms with Crippen LogP contribution >= 0.6 is 34.2 Å². The van der Waals surface area contributed by atoms with Gasteiger partial charge in [-0.25, -0.2) is 5.43 Å². The van der Waals surface area contributed by atoms with Crippen molar-refractivity contribution in [3.8, 4) is 5.75 Å². The van der Waals surface area contributed by atoms with Crippen LogP contribution in [0.4, 0.5) is 0 Å². The van der Waals surface area contributed by atoms with Crippen LogP contribution in [0.15, 0.2) is 36.4 Å². The Morgan fingerprint density at radius 2 is 1.95 bits per heavy atom. The van der Waals surface area contributed by atoms with E-state index in [9.17, 15) is 0 Å². The predicted molar refractivity (Wildman–Crippen MR) is 91.1 cm³/mol. The molecule has 0 aliphatic heterocycles. The highest BCUT2D eigenvalue weighted by Gasteiger charge is 2.19. The zero-order chi connectivity index (χ0) is 14.7. The summed E-state index contributed by atoms with van der Waals surface area (Å²) in [6.07, 6.45) is 0. The number of benzene rings is 2. The Bertz CT molecular complexity index is 619. The third-order valence-corrected chi connectivity index (χ3v) is 4.35. The molecule has 2 aromatic carbocycles. The summed E-state index contributed by atoms with van der Waals surface area (Å²) in [4.78, 5) is 0. The quantitative estimate of drug-likeness (QED) is 0.464. The Hall–Kier alpha value is -0.820. The average Bonchev–Trinajstić information content (AvgIpc) is 2.44. The lowest BCUT2D eigenvalue weighted by molar-refractivity contribution is 0.404. The monoisotopic (exact) mass is 402 g/mol. The summed E-state index contributed by atoms with van der Waals surface area (Å²) in [7, 11) is 1.66. The number of nitrogens with one attached hydrogen (secondary N) is 1. The molecule has 0 saturated carbocycles. The number of methoxy groups -OCH3 is 1. The first-order valence-corrected chi connectivity index (χ1v) is 7.58. The van der Waals surface area contributed by atoms with E-state index < -0.39 is 0 Å². The fourth-order valence-electron chi connectivity index (χ4n) is 2.16. The van der Waals surface area contributed by atoms with Crippen molar-refractivity contribution in [2.75, 3.05) is 7.11 Å². The molecule has 3 N–H and O–H groups in total. The van der Waals surface area contributed by atoms with Crippen LogP contribution < -0.4 is 16.0 Å². The Balaban J connectivity index is 2.57. The van der Waals surface area contributed by atoms with Crippen molar-refractivity contribution in [3.05, 3.63) is 61.7 Å². The van der Waals surface area contributed by atoms with Crippen molar-refractivity contribution < 1.29 is 4.74 Å². The van der Waals surface area contributed by atoms with Gasteiger partial charge in [-0.15, -0.1) is 0 Å². The van der Waals surface area contributed by atoms with Gasteiger partial charge in [0.2, 0.25) is 0 Å². The summed E-state index contributed by atoms with van der Waals surface area (Å²) in [6, 6.07) is 11.6. The number of halogens is 2. The van der Waals surface area contributed by atoms with Crippen LogP contribution in [0.3, 0.4) is 0 Å². The molecule has 0 amide bonds. The number of hydrazine groups is 1. The first kappa shape index (κ1) is 15.6. The molecule has 0 radical (unpaired) electrons. The van der Waals surface area contributed by atoms with Crippen molar-refractivity contribution in [2.45, 2.75) is 13.0 Å². The fourth-order valence-corrected chi connectivity index (χ4v) is 2.99. The lowest BCUT2D eigenvalue weighted by atomic mass is 9.97. The van der Waals surface area contributed by atoms with Crippen molar-refractivity contribution in [3.63, 3.8) is 0 Å². The van der Waals surface area contributed by atoms with E-state index in [-0.39, 0.29) is 6.04 Å². The zero-order valence-electron chi connectivity index (χ0n) is 11.3. The maximum absolute atomic E-state index is 6.11. The molecule has 0 fully saturated rings. The van der Waals surface area contributed by atoms with Gasteiger partial charge in [0.1, 0.15) is 5.75 Å². The number of aryl methyl sites for hydroxylation is 1. The van der Waals surface area contributed by atoms with Gasteiger partial charge >= 0.3 is 0 Å². The van der Waals surface area contributed by atoms with Gasteiger partial charge in [0.15, 0.2) is 0 Å². The minimum atomic E-state index is -0.171. The molecule has 1 unspecified atom stereocenters. The summed E-state index contributed by atoms with van der Waals surface area (Å²) in [5, 5.41) is 0.687. The molecular formula is C15H16ClIN2O. The maximum Gasteiger partial charge on any atom is 0.124 e. The van der Waals surface area contributed by atoms with E-state index in [0.29, 0.717) is 5.02 Å². The molecule has 20 heavy (non-hydrogen) atoms. The average molecular weight is 403 g/mol. The fraction of sp³-hybridized carbons (Fsp3) is 0.200. The third-order valence-electron chi connectivity index (χ3n) is 3.13. The summed E-state index contributed by atoms with van der Waals surface area (Å²) in [5.41, 5.74) is 6.04. The minimum Gasteiger partial charge on any atom is -0.496 e. The van der Waals surface area contributed by atoms with Crippen LogP contribution in [0, 0.1) is 10.5 Å². The molecule has 0 aromatic heterocycles. The second-order valence-corrected chi connectivity index (χ2v) is 6.11. The number of hydrogen-bond acceptors (Lipinski definition) is 3. The van der Waals surface area contributed by atoms with Crippen LogP contribution in [0.25, 0.3) is 0 Å². The van der Waals surface area contributed by atoms with E-state index in [1.807, 2.05) is 37.3 Å². The predicted octanol–water partition coefficient (Wildman–Crippen LogP) is 3.81. The van der Waals surface area contributed by atoms with E-state index in [1.165, 1.54) is 0 Å². The molecule has 1 atom stereocenters. The molecule has 0 saturated heterocycles. The van der Waals surface area contributed by atoms with Gasteiger partial charge in [-0.3, -0.25) is 5.84 Å². The van der Waals surface area contributed by atoms with Crippen molar-refractivity contribution >= 4 is 34.2 Å². The van der Waals surface area contributed by atoms with Gasteiger partial charge in [0.05, 0.1) is 13.2 Å². The minimum absolute atomic E-state index is 0.171. The van der Waals surface area contributed by atoms with Crippen LogP contribution in [-0.2, 0) is 0 Å². The second-order valence-electron chi connectivity index (χ2n) is 4.51. The molecule has 2 rings (SSSR count). The molecule has 5 heteroatoms. The van der Waals surface area contributed by atoms with E-state index in [1.54, 1.807) is 7.11 Å². The SMILES string of the molecule is COc1ccc(C)cc1C(NN)c1cc(Cl)ccc1I. The Morgan fingerprint density at radius 1 is 1.20 bits per heavy atom. The number of nitrogens with two attached hydrogens (primary N) is 1. The van der Waals surface area contributed by atoms with Crippen LogP contribution in [0.5, 0.6) is 5.75 Å². The highest BCUT2D eigenvalue weighted by Crippen LogP contribution is 2.33. The first-order chi connectivity index (χ1) is 9.56. The summed E-state index contributed by atoms with van der Waals surface area (Å²) >= 11 is 8.39. The normalized spacial score (nSPS) is 12.2. The summed E-state index contributed by atoms with van der Waals surface area (Å²) in [5.74, 6) is 6.58. The van der Waals surface area contributed by atoms with Crippen molar-refractivity contribution in [2.24, 2.45) is 5.84 Å². The molecule has 0 aliphatic carbocycles. The van der Waals surface area contributed by atoms with E-state index in [4.69, 9.17) is 22.2 Å². The van der Waals surface area contributed by atoms with Gasteiger partial charge < -0.3 is 4.74 Å². The molecule has 0 spiro atoms. The van der Waals surface area contributed by atoms with Gasteiger partial charge in [-0.1, -0.05) is 29.3 Å². The highest BCUT2D eigenvalue weighted by molar-refractivity contribution is 14.1. The highest BCUT2D eigenvalue weighted by atomic mass is 127. The molecule has 0 bridgehead atoms. The first-order valence-electron chi connectivity index (χ1n) is 6.12. The van der Waals surface area contributed by atoms with Crippen molar-refractivity contribution in [1.29, 1.82) is 0 Å². The molecule has 3 nitrogen and oxygen atoms in total. The molecule has 106 valence electrons. The van der Waals surface area contributed by atoms with Gasteiger partial charge in [-0.05, 0) is 59.3 Å². The Labute approximate surface area is 137 Å². The summed E-state index contributed by atoms with van der Waals surface area (Å²) in [6.45, 7) is 2.04. The smallest absolute Gasteiger partial charge is 0.124 e. The number of hydrogen-bond donors (Lipinski definition) is 2. The van der Waals surface area contributed by atoms with Crippen LogP contribution in [-0.4, -0.2) is 7.11 Å². The Morgan fingerprint density at radius 3 is 2.60 bits per heavy atom. The lowest BCUT2D eigenvalue weighted by Crippen LogP contribution is -2.29. The standard InChI is InChI=1S/C15H16ClIN2O/c1-9-3-6-14(20-2)12(7-9)15(19-18)11-8-10(16)4-5-13(11)17/h3-8,15,19H,18H2,1-2H3. The van der Waals surface area contributed by atoms with Gasteiger partial charge in [-0.2, -0.15) is 0 Å². The zero-order valence-corrected chi connectivity index (χ0v) is 14.2. The molecule has 0 heterocycles. The van der Waals surface area contributed by atoms with Crippen LogP contribution in [0.1, 0.15) is 22.7 Å². The van der Waals surface area contributed by atoms with Gasteiger partial charge in [0, 0.05) is 14.2 Å². The topological polar surface area (TPSA) is 47.3 Å². The number of ether oxygens (including phenoxy) is 1. The third kappa shape index (κ3) is 3.25.